The Kier molecular flexibility index (Phi) is 5.15. The van der Waals surface area contributed by atoms with Gasteiger partial charge in [-0.1, -0.05) is 6.07 Å². The molecular formula is C18H21FN2O4S. The Bertz CT molecular complexity index is 963. The first kappa shape index (κ1) is 18.6. The molecule has 0 saturated carbocycles. The zero-order valence-electron chi connectivity index (χ0n) is 14.7. The fraction of sp³-hybridized carbons (Fsp3) is 0.389. The number of nitrogens with zero attached hydrogens (tertiary/aromatic N) is 2. The zero-order chi connectivity index (χ0) is 18.9. The van der Waals surface area contributed by atoms with Crippen molar-refractivity contribution in [2.24, 2.45) is 7.05 Å². The van der Waals surface area contributed by atoms with Gasteiger partial charge in [0.25, 0.3) is 5.56 Å². The Hall–Kier alpha value is -2.19. The number of aromatic nitrogens is 1. The molecule has 1 aromatic carbocycles. The predicted octanol–water partition coefficient (Wildman–Crippen LogP) is 2.06. The SMILES string of the molecule is Cc1cc(OC2CCN(S(=O)(=O)c3cccc(F)c3)CC2)cc(=O)n1C. The maximum atomic E-state index is 13.3. The van der Waals surface area contributed by atoms with Gasteiger partial charge in [-0.3, -0.25) is 4.79 Å². The van der Waals surface area contributed by atoms with E-state index in [1.165, 1.54) is 33.1 Å². The summed E-state index contributed by atoms with van der Waals surface area (Å²) in [7, 11) is -2.02. The summed E-state index contributed by atoms with van der Waals surface area (Å²) in [4.78, 5) is 11.8. The van der Waals surface area contributed by atoms with Gasteiger partial charge in [0.05, 0.1) is 4.90 Å². The first-order chi connectivity index (χ1) is 12.3. The molecule has 1 aliphatic heterocycles. The average Bonchev–Trinajstić information content (AvgIpc) is 2.60. The van der Waals surface area contributed by atoms with Crippen molar-refractivity contribution in [1.82, 2.24) is 8.87 Å². The molecule has 0 aliphatic carbocycles. The maximum absolute atomic E-state index is 13.3. The molecule has 8 heteroatoms. The third-order valence-corrected chi connectivity index (χ3v) is 6.51. The molecule has 0 N–H and O–H groups in total. The van der Waals surface area contributed by atoms with Crippen molar-refractivity contribution in [3.8, 4) is 5.75 Å². The normalized spacial score (nSPS) is 16.6. The van der Waals surface area contributed by atoms with Crippen molar-refractivity contribution in [2.45, 2.75) is 30.8 Å². The van der Waals surface area contributed by atoms with Gasteiger partial charge >= 0.3 is 0 Å². The number of hydrogen-bond acceptors (Lipinski definition) is 4. The summed E-state index contributed by atoms with van der Waals surface area (Å²) in [5, 5.41) is 0. The van der Waals surface area contributed by atoms with Crippen LogP contribution in [0.2, 0.25) is 0 Å². The minimum Gasteiger partial charge on any atom is -0.490 e. The first-order valence-corrected chi connectivity index (χ1v) is 9.81. The molecule has 0 bridgehead atoms. The lowest BCUT2D eigenvalue weighted by Crippen LogP contribution is -2.41. The second kappa shape index (κ2) is 7.20. The molecular weight excluding hydrogens is 359 g/mol. The van der Waals surface area contributed by atoms with Gasteiger partial charge < -0.3 is 9.30 Å². The Morgan fingerprint density at radius 1 is 1.15 bits per heavy atom. The Labute approximate surface area is 151 Å². The van der Waals surface area contributed by atoms with E-state index in [1.807, 2.05) is 6.92 Å². The number of hydrogen-bond donors (Lipinski definition) is 0. The monoisotopic (exact) mass is 380 g/mol. The van der Waals surface area contributed by atoms with E-state index >= 15 is 0 Å². The van der Waals surface area contributed by atoms with Gasteiger partial charge in [-0.05, 0) is 44.0 Å². The van der Waals surface area contributed by atoms with Gasteiger partial charge in [0.15, 0.2) is 0 Å². The highest BCUT2D eigenvalue weighted by atomic mass is 32.2. The Balaban J connectivity index is 1.67. The molecule has 1 aliphatic rings. The van der Waals surface area contributed by atoms with E-state index in [9.17, 15) is 17.6 Å². The van der Waals surface area contributed by atoms with Crippen molar-refractivity contribution in [3.05, 3.63) is 58.3 Å². The summed E-state index contributed by atoms with van der Waals surface area (Å²) in [6.45, 7) is 2.39. The third kappa shape index (κ3) is 3.81. The second-order valence-electron chi connectivity index (χ2n) is 6.41. The van der Waals surface area contributed by atoms with E-state index in [2.05, 4.69) is 0 Å². The molecule has 0 amide bonds. The van der Waals surface area contributed by atoms with Crippen LogP contribution < -0.4 is 10.3 Å². The number of rotatable bonds is 4. The van der Waals surface area contributed by atoms with Gasteiger partial charge in [0.2, 0.25) is 10.0 Å². The van der Waals surface area contributed by atoms with E-state index in [0.717, 1.165) is 11.8 Å². The molecule has 26 heavy (non-hydrogen) atoms. The zero-order valence-corrected chi connectivity index (χ0v) is 15.5. The summed E-state index contributed by atoms with van der Waals surface area (Å²) in [5.74, 6) is -0.0811. The highest BCUT2D eigenvalue weighted by Gasteiger charge is 2.30. The summed E-state index contributed by atoms with van der Waals surface area (Å²) in [5.41, 5.74) is 0.643. The number of ether oxygens (including phenoxy) is 1. The highest BCUT2D eigenvalue weighted by Crippen LogP contribution is 2.24. The summed E-state index contributed by atoms with van der Waals surface area (Å²) < 4.78 is 47.3. The van der Waals surface area contributed by atoms with Crippen LogP contribution in [-0.2, 0) is 17.1 Å². The first-order valence-electron chi connectivity index (χ1n) is 8.37. The van der Waals surface area contributed by atoms with E-state index in [-0.39, 0.29) is 29.6 Å². The lowest BCUT2D eigenvalue weighted by molar-refractivity contribution is 0.134. The second-order valence-corrected chi connectivity index (χ2v) is 8.35. The predicted molar refractivity (Wildman–Crippen MR) is 95.2 cm³/mol. The number of piperidine rings is 1. The summed E-state index contributed by atoms with van der Waals surface area (Å²) in [6, 6.07) is 8.24. The van der Waals surface area contributed by atoms with Gasteiger partial charge in [0, 0.05) is 31.9 Å². The number of halogens is 1. The molecule has 0 atom stereocenters. The fourth-order valence-electron chi connectivity index (χ4n) is 2.96. The largest absolute Gasteiger partial charge is 0.490 e. The van der Waals surface area contributed by atoms with Crippen LogP contribution in [0.1, 0.15) is 18.5 Å². The average molecular weight is 380 g/mol. The van der Waals surface area contributed by atoms with Crippen LogP contribution in [-0.4, -0.2) is 36.5 Å². The molecule has 2 aromatic rings. The molecule has 3 rings (SSSR count). The van der Waals surface area contributed by atoms with E-state index in [0.29, 0.717) is 18.6 Å². The molecule has 0 spiro atoms. The van der Waals surface area contributed by atoms with Crippen LogP contribution in [0, 0.1) is 12.7 Å². The standard InChI is InChI=1S/C18H21FN2O4S/c1-13-10-16(12-18(22)20(13)2)25-15-6-8-21(9-7-15)26(23,24)17-5-3-4-14(19)11-17/h3-5,10-12,15H,6-9H2,1-2H3. The minimum atomic E-state index is -3.72. The fourth-order valence-corrected chi connectivity index (χ4v) is 4.47. The van der Waals surface area contributed by atoms with Gasteiger partial charge in [-0.2, -0.15) is 4.31 Å². The number of pyridine rings is 1. The van der Waals surface area contributed by atoms with Crippen molar-refractivity contribution in [3.63, 3.8) is 0 Å². The van der Waals surface area contributed by atoms with E-state index in [4.69, 9.17) is 4.74 Å². The molecule has 0 radical (unpaired) electrons. The van der Waals surface area contributed by atoms with Gasteiger partial charge in [-0.25, -0.2) is 12.8 Å². The van der Waals surface area contributed by atoms with Crippen molar-refractivity contribution < 1.29 is 17.5 Å². The molecule has 140 valence electrons. The number of benzene rings is 1. The Morgan fingerprint density at radius 2 is 1.85 bits per heavy atom. The molecule has 0 unspecified atom stereocenters. The van der Waals surface area contributed by atoms with Crippen LogP contribution in [0.25, 0.3) is 0 Å². The third-order valence-electron chi connectivity index (χ3n) is 4.61. The van der Waals surface area contributed by atoms with Crippen LogP contribution in [0.3, 0.4) is 0 Å². The number of aryl methyl sites for hydroxylation is 1. The Morgan fingerprint density at radius 3 is 2.46 bits per heavy atom. The molecule has 2 heterocycles. The lowest BCUT2D eigenvalue weighted by atomic mass is 10.1. The lowest BCUT2D eigenvalue weighted by Gasteiger charge is -2.31. The topological polar surface area (TPSA) is 68.6 Å². The quantitative estimate of drug-likeness (QED) is 0.814. The van der Waals surface area contributed by atoms with Crippen LogP contribution in [0.5, 0.6) is 5.75 Å². The molecule has 1 fully saturated rings. The smallest absolute Gasteiger partial charge is 0.254 e. The van der Waals surface area contributed by atoms with Crippen LogP contribution in [0.4, 0.5) is 4.39 Å². The molecule has 1 saturated heterocycles. The molecule has 6 nitrogen and oxygen atoms in total. The van der Waals surface area contributed by atoms with Gasteiger partial charge in [-0.15, -0.1) is 0 Å². The van der Waals surface area contributed by atoms with E-state index < -0.39 is 15.8 Å². The van der Waals surface area contributed by atoms with Crippen molar-refractivity contribution in [1.29, 1.82) is 0 Å². The molecule has 1 aromatic heterocycles. The highest BCUT2D eigenvalue weighted by molar-refractivity contribution is 7.89. The van der Waals surface area contributed by atoms with Crippen LogP contribution >= 0.6 is 0 Å². The number of sulfonamides is 1. The van der Waals surface area contributed by atoms with Crippen molar-refractivity contribution in [2.75, 3.05) is 13.1 Å². The van der Waals surface area contributed by atoms with E-state index in [1.54, 1.807) is 13.1 Å². The van der Waals surface area contributed by atoms with Crippen LogP contribution in [0.15, 0.2) is 46.1 Å². The summed E-state index contributed by atoms with van der Waals surface area (Å²) in [6.07, 6.45) is 0.839. The summed E-state index contributed by atoms with van der Waals surface area (Å²) >= 11 is 0. The van der Waals surface area contributed by atoms with Gasteiger partial charge in [0.1, 0.15) is 17.7 Å². The maximum Gasteiger partial charge on any atom is 0.254 e. The van der Waals surface area contributed by atoms with Crippen molar-refractivity contribution >= 4 is 10.0 Å². The minimum absolute atomic E-state index is 0.0425.